The summed E-state index contributed by atoms with van der Waals surface area (Å²) in [5.41, 5.74) is 1.03. The number of carboxylic acids is 1. The molecule has 1 fully saturated rings. The van der Waals surface area contributed by atoms with E-state index in [0.717, 1.165) is 24.8 Å². The molecule has 0 aromatic heterocycles. The van der Waals surface area contributed by atoms with E-state index in [1.807, 2.05) is 30.3 Å². The van der Waals surface area contributed by atoms with Crippen molar-refractivity contribution < 1.29 is 15.0 Å². The van der Waals surface area contributed by atoms with Gasteiger partial charge in [-0.1, -0.05) is 36.8 Å². The zero-order valence-corrected chi connectivity index (χ0v) is 9.75. The molecule has 92 valence electrons. The van der Waals surface area contributed by atoms with E-state index in [4.69, 9.17) is 0 Å². The fraction of sp³-hybridized carbons (Fsp3) is 0.500. The van der Waals surface area contributed by atoms with Gasteiger partial charge in [0.25, 0.3) is 0 Å². The highest BCUT2D eigenvalue weighted by atomic mass is 16.4. The van der Waals surface area contributed by atoms with Crippen LogP contribution < -0.4 is 0 Å². The first-order valence-electron chi connectivity index (χ1n) is 6.13. The Balaban J connectivity index is 2.10. The lowest BCUT2D eigenvalue weighted by Gasteiger charge is -2.22. The quantitative estimate of drug-likeness (QED) is 0.838. The second-order valence-corrected chi connectivity index (χ2v) is 4.80. The Bertz CT molecular complexity index is 374. The van der Waals surface area contributed by atoms with Gasteiger partial charge in [0.1, 0.15) is 0 Å². The highest BCUT2D eigenvalue weighted by Crippen LogP contribution is 2.33. The van der Waals surface area contributed by atoms with Crippen LogP contribution in [-0.2, 0) is 11.2 Å². The van der Waals surface area contributed by atoms with Crippen molar-refractivity contribution in [3.05, 3.63) is 35.9 Å². The largest absolute Gasteiger partial charge is 0.481 e. The third-order valence-corrected chi connectivity index (χ3v) is 3.66. The molecule has 2 rings (SSSR count). The zero-order valence-electron chi connectivity index (χ0n) is 9.75. The molecule has 1 saturated carbocycles. The fourth-order valence-corrected chi connectivity index (χ4v) is 2.73. The van der Waals surface area contributed by atoms with E-state index in [0.29, 0.717) is 6.42 Å². The standard InChI is InChI=1S/C14H18O3/c15-13-8-4-7-11(13)12(14(16)17)9-10-5-2-1-3-6-10/h1-3,5-6,11-13,15H,4,7-9H2,(H,16,17). The maximum absolute atomic E-state index is 11.3. The first-order valence-corrected chi connectivity index (χ1v) is 6.13. The predicted octanol–water partition coefficient (Wildman–Crippen LogP) is 2.09. The van der Waals surface area contributed by atoms with Gasteiger partial charge in [0.15, 0.2) is 0 Å². The van der Waals surface area contributed by atoms with Gasteiger partial charge in [-0.3, -0.25) is 4.79 Å². The molecule has 17 heavy (non-hydrogen) atoms. The molecule has 3 nitrogen and oxygen atoms in total. The van der Waals surface area contributed by atoms with Crippen molar-refractivity contribution in [3.63, 3.8) is 0 Å². The molecule has 0 heterocycles. The Morgan fingerprint density at radius 3 is 2.53 bits per heavy atom. The number of hydrogen-bond acceptors (Lipinski definition) is 2. The van der Waals surface area contributed by atoms with E-state index in [-0.39, 0.29) is 5.92 Å². The van der Waals surface area contributed by atoms with Gasteiger partial charge >= 0.3 is 5.97 Å². The average Bonchev–Trinajstić information content (AvgIpc) is 2.73. The van der Waals surface area contributed by atoms with Crippen LogP contribution in [0, 0.1) is 11.8 Å². The highest BCUT2D eigenvalue weighted by Gasteiger charge is 2.36. The van der Waals surface area contributed by atoms with Crippen LogP contribution in [0.3, 0.4) is 0 Å². The second-order valence-electron chi connectivity index (χ2n) is 4.80. The molecular weight excluding hydrogens is 216 g/mol. The topological polar surface area (TPSA) is 57.5 Å². The van der Waals surface area contributed by atoms with Gasteiger partial charge in [-0.15, -0.1) is 0 Å². The van der Waals surface area contributed by atoms with Gasteiger partial charge in [0, 0.05) is 0 Å². The van der Waals surface area contributed by atoms with E-state index in [9.17, 15) is 15.0 Å². The Kier molecular flexibility index (Phi) is 3.79. The number of carboxylic acid groups (broad SMARTS) is 1. The van der Waals surface area contributed by atoms with Gasteiger partial charge < -0.3 is 10.2 Å². The lowest BCUT2D eigenvalue weighted by molar-refractivity contribution is -0.145. The van der Waals surface area contributed by atoms with Crippen molar-refractivity contribution >= 4 is 5.97 Å². The molecule has 0 spiro atoms. The first kappa shape index (κ1) is 12.1. The van der Waals surface area contributed by atoms with Gasteiger partial charge in [0.05, 0.1) is 12.0 Å². The molecule has 0 radical (unpaired) electrons. The Morgan fingerprint density at radius 1 is 1.29 bits per heavy atom. The van der Waals surface area contributed by atoms with Crippen molar-refractivity contribution in [1.82, 2.24) is 0 Å². The maximum Gasteiger partial charge on any atom is 0.307 e. The van der Waals surface area contributed by atoms with Crippen molar-refractivity contribution in [3.8, 4) is 0 Å². The van der Waals surface area contributed by atoms with Crippen LogP contribution in [0.25, 0.3) is 0 Å². The van der Waals surface area contributed by atoms with Crippen LogP contribution in [0.2, 0.25) is 0 Å². The van der Waals surface area contributed by atoms with Crippen molar-refractivity contribution in [2.45, 2.75) is 31.8 Å². The third kappa shape index (κ3) is 2.86. The minimum absolute atomic E-state index is 0.0901. The predicted molar refractivity (Wildman–Crippen MR) is 64.6 cm³/mol. The maximum atomic E-state index is 11.3. The van der Waals surface area contributed by atoms with Gasteiger partial charge in [-0.2, -0.15) is 0 Å². The summed E-state index contributed by atoms with van der Waals surface area (Å²) in [5.74, 6) is -1.34. The molecule has 2 N–H and O–H groups in total. The number of aliphatic hydroxyl groups excluding tert-OH is 1. The molecule has 0 saturated heterocycles. The van der Waals surface area contributed by atoms with Crippen molar-refractivity contribution in [2.24, 2.45) is 11.8 Å². The van der Waals surface area contributed by atoms with E-state index >= 15 is 0 Å². The van der Waals surface area contributed by atoms with Crippen molar-refractivity contribution in [2.75, 3.05) is 0 Å². The molecule has 0 aliphatic heterocycles. The molecule has 0 amide bonds. The second kappa shape index (κ2) is 5.32. The Labute approximate surface area is 101 Å². The summed E-state index contributed by atoms with van der Waals surface area (Å²) < 4.78 is 0. The molecule has 3 heteroatoms. The van der Waals surface area contributed by atoms with E-state index in [1.54, 1.807) is 0 Å². The van der Waals surface area contributed by atoms with Crippen LogP contribution in [0.1, 0.15) is 24.8 Å². The smallest absolute Gasteiger partial charge is 0.307 e. The SMILES string of the molecule is O=C(O)C(Cc1ccccc1)C1CCCC1O. The van der Waals surface area contributed by atoms with Crippen LogP contribution in [0.15, 0.2) is 30.3 Å². The summed E-state index contributed by atoms with van der Waals surface area (Å²) in [6.45, 7) is 0. The zero-order chi connectivity index (χ0) is 12.3. The fourth-order valence-electron chi connectivity index (χ4n) is 2.73. The summed E-state index contributed by atoms with van der Waals surface area (Å²) in [4.78, 5) is 11.3. The van der Waals surface area contributed by atoms with E-state index in [2.05, 4.69) is 0 Å². The normalized spacial score (nSPS) is 25.7. The summed E-state index contributed by atoms with van der Waals surface area (Å²) in [5, 5.41) is 19.1. The first-order chi connectivity index (χ1) is 8.18. The monoisotopic (exact) mass is 234 g/mol. The molecule has 1 aromatic carbocycles. The molecule has 0 bridgehead atoms. The molecule has 3 unspecified atom stereocenters. The third-order valence-electron chi connectivity index (χ3n) is 3.66. The number of aliphatic carboxylic acids is 1. The molecular formula is C14H18O3. The number of rotatable bonds is 4. The molecule has 1 aliphatic carbocycles. The highest BCUT2D eigenvalue weighted by molar-refractivity contribution is 5.71. The van der Waals surface area contributed by atoms with Crippen LogP contribution in [0.5, 0.6) is 0 Å². The molecule has 1 aliphatic rings. The lowest BCUT2D eigenvalue weighted by atomic mass is 9.84. The number of hydrogen-bond donors (Lipinski definition) is 2. The van der Waals surface area contributed by atoms with Gasteiger partial charge in [0.2, 0.25) is 0 Å². The molecule has 1 aromatic rings. The van der Waals surface area contributed by atoms with E-state index < -0.39 is 18.0 Å². The van der Waals surface area contributed by atoms with Gasteiger partial charge in [-0.25, -0.2) is 0 Å². The average molecular weight is 234 g/mol. The van der Waals surface area contributed by atoms with Crippen molar-refractivity contribution in [1.29, 1.82) is 0 Å². The summed E-state index contributed by atoms with van der Waals surface area (Å²) in [6.07, 6.45) is 2.57. The van der Waals surface area contributed by atoms with Crippen LogP contribution in [0.4, 0.5) is 0 Å². The Hall–Kier alpha value is -1.35. The number of aliphatic hydroxyl groups is 1. The number of carbonyl (C=O) groups is 1. The van der Waals surface area contributed by atoms with Gasteiger partial charge in [-0.05, 0) is 30.7 Å². The molecule has 3 atom stereocenters. The summed E-state index contributed by atoms with van der Waals surface area (Å²) in [6, 6.07) is 9.64. The minimum atomic E-state index is -0.792. The van der Waals surface area contributed by atoms with E-state index in [1.165, 1.54) is 0 Å². The van der Waals surface area contributed by atoms with Crippen LogP contribution >= 0.6 is 0 Å². The summed E-state index contributed by atoms with van der Waals surface area (Å²) >= 11 is 0. The number of benzene rings is 1. The Morgan fingerprint density at radius 2 is 2.00 bits per heavy atom. The summed E-state index contributed by atoms with van der Waals surface area (Å²) in [7, 11) is 0. The lowest BCUT2D eigenvalue weighted by Crippen LogP contribution is -2.30. The minimum Gasteiger partial charge on any atom is -0.481 e. The van der Waals surface area contributed by atoms with Crippen LogP contribution in [-0.4, -0.2) is 22.3 Å².